The summed E-state index contributed by atoms with van der Waals surface area (Å²) in [6.07, 6.45) is 1.01. The van der Waals surface area contributed by atoms with Crippen molar-refractivity contribution in [2.24, 2.45) is 5.92 Å². The minimum atomic E-state index is -0.460. The normalized spacial score (nSPS) is 13.6. The Balaban J connectivity index is 1.63. The van der Waals surface area contributed by atoms with Gasteiger partial charge in [-0.2, -0.15) is 0 Å². The van der Waals surface area contributed by atoms with Crippen molar-refractivity contribution in [1.82, 2.24) is 0 Å². The number of phenols is 1. The van der Waals surface area contributed by atoms with Crippen molar-refractivity contribution in [3.8, 4) is 16.9 Å². The van der Waals surface area contributed by atoms with E-state index in [4.69, 9.17) is 9.47 Å². The van der Waals surface area contributed by atoms with Gasteiger partial charge in [-0.1, -0.05) is 74.5 Å². The Morgan fingerprint density at radius 3 is 2.35 bits per heavy atom. The highest BCUT2D eigenvalue weighted by Gasteiger charge is 2.28. The van der Waals surface area contributed by atoms with Gasteiger partial charge in [0.15, 0.2) is 0 Å². The van der Waals surface area contributed by atoms with Crippen LogP contribution < -0.4 is 0 Å². The van der Waals surface area contributed by atoms with Gasteiger partial charge in [0.2, 0.25) is 5.76 Å². The summed E-state index contributed by atoms with van der Waals surface area (Å²) in [6, 6.07) is 23.2. The Hall–Kier alpha value is -3.53. The molecule has 0 amide bonds. The maximum absolute atomic E-state index is 12.3. The lowest BCUT2D eigenvalue weighted by molar-refractivity contribution is -0.139. The van der Waals surface area contributed by atoms with E-state index in [9.17, 15) is 9.90 Å². The molecule has 1 aliphatic heterocycles. The molecule has 0 spiro atoms. The monoisotopic (exact) mass is 414 g/mol. The summed E-state index contributed by atoms with van der Waals surface area (Å²) in [5.74, 6) is 0.549. The molecule has 4 rings (SSSR count). The minimum absolute atomic E-state index is 0.153. The summed E-state index contributed by atoms with van der Waals surface area (Å²) < 4.78 is 11.1. The first kappa shape index (κ1) is 20.7. The largest absolute Gasteiger partial charge is 0.507 e. The molecule has 3 aromatic rings. The zero-order valence-corrected chi connectivity index (χ0v) is 17.8. The van der Waals surface area contributed by atoms with Crippen LogP contribution in [0, 0.1) is 5.92 Å². The van der Waals surface area contributed by atoms with E-state index in [1.54, 1.807) is 12.1 Å². The van der Waals surface area contributed by atoms with E-state index >= 15 is 0 Å². The van der Waals surface area contributed by atoms with Crippen molar-refractivity contribution in [3.63, 3.8) is 0 Å². The van der Waals surface area contributed by atoms with Crippen molar-refractivity contribution in [2.45, 2.75) is 26.9 Å². The second kappa shape index (κ2) is 9.09. The molecule has 1 aliphatic rings. The van der Waals surface area contributed by atoms with Crippen LogP contribution in [0.15, 0.2) is 78.6 Å². The molecule has 0 saturated carbocycles. The Morgan fingerprint density at radius 1 is 0.935 bits per heavy atom. The number of benzene rings is 3. The molecule has 0 fully saturated rings. The van der Waals surface area contributed by atoms with E-state index in [0.717, 1.165) is 23.1 Å². The molecular weight excluding hydrogens is 388 g/mol. The highest BCUT2D eigenvalue weighted by molar-refractivity contribution is 6.00. The van der Waals surface area contributed by atoms with Gasteiger partial charge in [-0.3, -0.25) is 0 Å². The Labute approximate surface area is 182 Å². The second-order valence-corrected chi connectivity index (χ2v) is 8.18. The third-order valence-electron chi connectivity index (χ3n) is 5.29. The van der Waals surface area contributed by atoms with Crippen molar-refractivity contribution >= 4 is 11.5 Å². The molecule has 0 radical (unpaired) electrons. The predicted octanol–water partition coefficient (Wildman–Crippen LogP) is 5.74. The van der Waals surface area contributed by atoms with Crippen LogP contribution in [0.25, 0.3) is 16.7 Å². The first-order chi connectivity index (χ1) is 15.0. The summed E-state index contributed by atoms with van der Waals surface area (Å²) in [4.78, 5) is 12.3. The standard InChI is InChI=1S/C27H26O4/c1-18(2)14-19-8-10-21(11-9-19)23-15-22(12-13-25(23)28)24-17-31-27(29)26(24)30-16-20-6-4-3-5-7-20/h3-13,15,18,28H,14,16-17H2,1-2H3. The number of aromatic hydroxyl groups is 1. The van der Waals surface area contributed by atoms with Crippen molar-refractivity contribution in [1.29, 1.82) is 0 Å². The molecule has 0 aromatic heterocycles. The maximum atomic E-state index is 12.3. The highest BCUT2D eigenvalue weighted by Crippen LogP contribution is 2.35. The molecule has 0 saturated heterocycles. The first-order valence-corrected chi connectivity index (χ1v) is 10.5. The number of carbonyl (C=O) groups is 1. The number of carbonyl (C=O) groups excluding carboxylic acids is 1. The van der Waals surface area contributed by atoms with Gasteiger partial charge in [0.05, 0.1) is 0 Å². The van der Waals surface area contributed by atoms with E-state index < -0.39 is 5.97 Å². The SMILES string of the molecule is CC(C)Cc1ccc(-c2cc(C3=C(OCc4ccccc4)C(=O)OC3)ccc2O)cc1. The van der Waals surface area contributed by atoms with Crippen LogP contribution in [-0.2, 0) is 27.3 Å². The maximum Gasteiger partial charge on any atom is 0.374 e. The number of cyclic esters (lactones) is 1. The summed E-state index contributed by atoms with van der Waals surface area (Å²) >= 11 is 0. The van der Waals surface area contributed by atoms with Gasteiger partial charge < -0.3 is 14.6 Å². The van der Waals surface area contributed by atoms with Crippen LogP contribution >= 0.6 is 0 Å². The fourth-order valence-electron chi connectivity index (χ4n) is 3.73. The quantitative estimate of drug-likeness (QED) is 0.501. The average molecular weight is 415 g/mol. The lowest BCUT2D eigenvalue weighted by atomic mass is 9.96. The number of ether oxygens (including phenoxy) is 2. The Morgan fingerprint density at radius 2 is 1.65 bits per heavy atom. The lowest BCUT2D eigenvalue weighted by Gasteiger charge is -2.11. The lowest BCUT2D eigenvalue weighted by Crippen LogP contribution is -2.03. The van der Waals surface area contributed by atoms with Crippen LogP contribution in [0.5, 0.6) is 5.75 Å². The zero-order chi connectivity index (χ0) is 21.8. The molecule has 31 heavy (non-hydrogen) atoms. The third-order valence-corrected chi connectivity index (χ3v) is 5.29. The fraction of sp³-hybridized carbons (Fsp3) is 0.222. The van der Waals surface area contributed by atoms with Crippen LogP contribution in [0.1, 0.15) is 30.5 Å². The van der Waals surface area contributed by atoms with Gasteiger partial charge in [0.1, 0.15) is 19.0 Å². The van der Waals surface area contributed by atoms with Crippen LogP contribution in [0.4, 0.5) is 0 Å². The molecule has 4 nitrogen and oxygen atoms in total. The highest BCUT2D eigenvalue weighted by atomic mass is 16.6. The van der Waals surface area contributed by atoms with Crippen LogP contribution in [0.3, 0.4) is 0 Å². The van der Waals surface area contributed by atoms with Gasteiger partial charge in [-0.15, -0.1) is 0 Å². The molecule has 0 aliphatic carbocycles. The fourth-order valence-corrected chi connectivity index (χ4v) is 3.73. The Bertz CT molecular complexity index is 1100. The molecule has 1 heterocycles. The molecule has 1 N–H and O–H groups in total. The van der Waals surface area contributed by atoms with Crippen LogP contribution in [0.2, 0.25) is 0 Å². The van der Waals surface area contributed by atoms with Gasteiger partial charge in [-0.05, 0) is 46.7 Å². The molecule has 0 unspecified atom stereocenters. The molecule has 158 valence electrons. The molecule has 0 atom stereocenters. The topological polar surface area (TPSA) is 55.8 Å². The number of rotatable bonds is 7. The third kappa shape index (κ3) is 4.80. The second-order valence-electron chi connectivity index (χ2n) is 8.18. The van der Waals surface area contributed by atoms with E-state index in [2.05, 4.69) is 26.0 Å². The van der Waals surface area contributed by atoms with Crippen molar-refractivity contribution in [2.75, 3.05) is 6.61 Å². The molecule has 4 heteroatoms. The first-order valence-electron chi connectivity index (χ1n) is 10.5. The summed E-state index contributed by atoms with van der Waals surface area (Å²) in [5, 5.41) is 10.5. The molecule has 0 bridgehead atoms. The minimum Gasteiger partial charge on any atom is -0.507 e. The van der Waals surface area contributed by atoms with E-state index in [1.807, 2.05) is 48.5 Å². The zero-order valence-electron chi connectivity index (χ0n) is 17.8. The Kier molecular flexibility index (Phi) is 6.08. The smallest absolute Gasteiger partial charge is 0.374 e. The number of esters is 1. The summed E-state index contributed by atoms with van der Waals surface area (Å²) in [5.41, 5.74) is 5.37. The van der Waals surface area contributed by atoms with Gasteiger partial charge in [0.25, 0.3) is 0 Å². The summed E-state index contributed by atoms with van der Waals surface area (Å²) in [6.45, 7) is 4.83. The number of hydrogen-bond acceptors (Lipinski definition) is 4. The van der Waals surface area contributed by atoms with Crippen molar-refractivity contribution < 1.29 is 19.4 Å². The van der Waals surface area contributed by atoms with Gasteiger partial charge >= 0.3 is 5.97 Å². The molecule has 3 aromatic carbocycles. The van der Waals surface area contributed by atoms with E-state index in [1.165, 1.54) is 5.56 Å². The van der Waals surface area contributed by atoms with E-state index in [-0.39, 0.29) is 24.7 Å². The van der Waals surface area contributed by atoms with E-state index in [0.29, 0.717) is 17.1 Å². The molecular formula is C27H26O4. The van der Waals surface area contributed by atoms with Crippen molar-refractivity contribution in [3.05, 3.63) is 95.2 Å². The van der Waals surface area contributed by atoms with Gasteiger partial charge in [-0.25, -0.2) is 4.79 Å². The predicted molar refractivity (Wildman–Crippen MR) is 121 cm³/mol. The number of hydrogen-bond donors (Lipinski definition) is 1. The van der Waals surface area contributed by atoms with Gasteiger partial charge in [0, 0.05) is 11.1 Å². The van der Waals surface area contributed by atoms with Crippen LogP contribution in [-0.4, -0.2) is 17.7 Å². The average Bonchev–Trinajstić information content (AvgIpc) is 3.14. The summed E-state index contributed by atoms with van der Waals surface area (Å²) in [7, 11) is 0. The number of phenolic OH excluding ortho intramolecular Hbond substituents is 1.